The van der Waals surface area contributed by atoms with Gasteiger partial charge in [-0.25, -0.2) is 14.8 Å². The number of carbonyl (C=O) groups is 2. The Bertz CT molecular complexity index is 855. The largest absolute Gasteiger partial charge is 0.493 e. The Balaban J connectivity index is 1.87. The Morgan fingerprint density at radius 1 is 1.37 bits per heavy atom. The van der Waals surface area contributed by atoms with Crippen molar-refractivity contribution in [3.63, 3.8) is 0 Å². The van der Waals surface area contributed by atoms with Gasteiger partial charge in [0.2, 0.25) is 11.9 Å². The average Bonchev–Trinajstić information content (AvgIpc) is 3.18. The van der Waals surface area contributed by atoms with E-state index < -0.39 is 5.97 Å². The van der Waals surface area contributed by atoms with Gasteiger partial charge in [-0.3, -0.25) is 4.79 Å². The molecular formula is C19H22N4O4. The number of hydrogen-bond acceptors (Lipinski definition) is 6. The normalized spacial score (nSPS) is 16.2. The van der Waals surface area contributed by atoms with E-state index >= 15 is 0 Å². The van der Waals surface area contributed by atoms with E-state index in [1.807, 2.05) is 4.90 Å². The number of carbonyl (C=O) groups excluding carboxylic acids is 1. The molecule has 27 heavy (non-hydrogen) atoms. The lowest BCUT2D eigenvalue weighted by atomic mass is 10.1. The van der Waals surface area contributed by atoms with Crippen LogP contribution in [0.2, 0.25) is 0 Å². The third-order valence-electron chi connectivity index (χ3n) is 4.54. The van der Waals surface area contributed by atoms with Crippen LogP contribution in [-0.4, -0.2) is 53.7 Å². The van der Waals surface area contributed by atoms with Crippen molar-refractivity contribution in [3.05, 3.63) is 36.0 Å². The van der Waals surface area contributed by atoms with E-state index in [9.17, 15) is 14.7 Å². The van der Waals surface area contributed by atoms with Gasteiger partial charge in [0, 0.05) is 31.9 Å². The molecule has 2 N–H and O–H groups in total. The average molecular weight is 370 g/mol. The van der Waals surface area contributed by atoms with E-state index in [1.54, 1.807) is 44.4 Å². The number of carboxylic acids is 1. The molecule has 0 unspecified atom stereocenters. The van der Waals surface area contributed by atoms with Gasteiger partial charge in [0.25, 0.3) is 0 Å². The maximum atomic E-state index is 11.8. The fraction of sp³-hybridized carbons (Fsp3) is 0.368. The van der Waals surface area contributed by atoms with E-state index in [2.05, 4.69) is 15.3 Å². The molecule has 0 spiro atoms. The highest BCUT2D eigenvalue weighted by atomic mass is 16.5. The minimum absolute atomic E-state index is 0.0197. The van der Waals surface area contributed by atoms with Gasteiger partial charge in [-0.05, 0) is 37.6 Å². The molecule has 8 heteroatoms. The number of nitrogens with zero attached hydrogens (tertiary/aromatic N) is 3. The summed E-state index contributed by atoms with van der Waals surface area (Å²) < 4.78 is 5.38. The van der Waals surface area contributed by atoms with Gasteiger partial charge in [0.1, 0.15) is 11.3 Å². The maximum absolute atomic E-state index is 11.8. The second-order valence-corrected chi connectivity index (χ2v) is 6.24. The zero-order chi connectivity index (χ0) is 19.4. The van der Waals surface area contributed by atoms with E-state index in [-0.39, 0.29) is 17.4 Å². The Morgan fingerprint density at radius 3 is 2.89 bits per heavy atom. The number of aromatic carboxylic acids is 1. The van der Waals surface area contributed by atoms with Gasteiger partial charge in [0.05, 0.1) is 18.2 Å². The SMILES string of the molecule is CCOc1ccc(-c2ccnc(N3CC[C@@H](C(=O)NC)C3)n2)cc1C(=O)O. The highest BCUT2D eigenvalue weighted by molar-refractivity contribution is 5.92. The lowest BCUT2D eigenvalue weighted by molar-refractivity contribution is -0.123. The summed E-state index contributed by atoms with van der Waals surface area (Å²) in [4.78, 5) is 34.2. The Morgan fingerprint density at radius 2 is 2.19 bits per heavy atom. The summed E-state index contributed by atoms with van der Waals surface area (Å²) in [6.07, 6.45) is 2.39. The first-order valence-electron chi connectivity index (χ1n) is 8.83. The molecule has 0 bridgehead atoms. The van der Waals surface area contributed by atoms with Gasteiger partial charge in [-0.15, -0.1) is 0 Å². The minimum Gasteiger partial charge on any atom is -0.493 e. The second kappa shape index (κ2) is 8.03. The molecule has 0 aliphatic carbocycles. The van der Waals surface area contributed by atoms with Crippen molar-refractivity contribution >= 4 is 17.8 Å². The number of hydrogen-bond donors (Lipinski definition) is 2. The Kier molecular flexibility index (Phi) is 5.54. The third-order valence-corrected chi connectivity index (χ3v) is 4.54. The predicted molar refractivity (Wildman–Crippen MR) is 100.0 cm³/mol. The van der Waals surface area contributed by atoms with Crippen LogP contribution in [0.4, 0.5) is 5.95 Å². The van der Waals surface area contributed by atoms with Crippen LogP contribution in [0.1, 0.15) is 23.7 Å². The van der Waals surface area contributed by atoms with E-state index in [1.165, 1.54) is 0 Å². The molecule has 1 aliphatic rings. The van der Waals surface area contributed by atoms with Crippen molar-refractivity contribution in [2.75, 3.05) is 31.6 Å². The van der Waals surface area contributed by atoms with Crippen LogP contribution in [0.15, 0.2) is 30.5 Å². The summed E-state index contributed by atoms with van der Waals surface area (Å²) in [7, 11) is 1.63. The van der Waals surface area contributed by atoms with Gasteiger partial charge < -0.3 is 20.1 Å². The summed E-state index contributed by atoms with van der Waals surface area (Å²) in [5, 5.41) is 12.1. The molecule has 1 saturated heterocycles. The van der Waals surface area contributed by atoms with Crippen molar-refractivity contribution in [1.82, 2.24) is 15.3 Å². The molecule has 3 rings (SSSR count). The van der Waals surface area contributed by atoms with Crippen LogP contribution in [0.25, 0.3) is 11.3 Å². The van der Waals surface area contributed by atoms with Crippen molar-refractivity contribution in [3.8, 4) is 17.0 Å². The van der Waals surface area contributed by atoms with Crippen LogP contribution in [0.5, 0.6) is 5.75 Å². The molecule has 2 heterocycles. The molecule has 1 aromatic carbocycles. The summed E-state index contributed by atoms with van der Waals surface area (Å²) >= 11 is 0. The lowest BCUT2D eigenvalue weighted by Gasteiger charge is -2.17. The van der Waals surface area contributed by atoms with Crippen LogP contribution in [-0.2, 0) is 4.79 Å². The number of ether oxygens (including phenoxy) is 1. The molecule has 1 fully saturated rings. The van der Waals surface area contributed by atoms with Crippen molar-refractivity contribution in [1.29, 1.82) is 0 Å². The number of rotatable bonds is 6. The summed E-state index contributed by atoms with van der Waals surface area (Å²) in [6.45, 7) is 3.45. The number of nitrogens with one attached hydrogen (secondary N) is 1. The predicted octanol–water partition coefficient (Wildman–Crippen LogP) is 1.81. The van der Waals surface area contributed by atoms with E-state index in [0.717, 1.165) is 6.42 Å². The molecule has 1 amide bonds. The standard InChI is InChI=1S/C19H22N4O4/c1-3-27-16-5-4-12(10-14(16)18(25)26)15-6-8-21-19(22-15)23-9-7-13(11-23)17(24)20-2/h4-6,8,10,13H,3,7,9,11H2,1-2H3,(H,20,24)(H,25,26)/t13-/m1/s1. The first-order chi connectivity index (χ1) is 13.0. The lowest BCUT2D eigenvalue weighted by Crippen LogP contribution is -2.30. The van der Waals surface area contributed by atoms with Gasteiger partial charge >= 0.3 is 5.97 Å². The number of anilines is 1. The Labute approximate surface area is 157 Å². The molecule has 2 aromatic rings. The molecule has 8 nitrogen and oxygen atoms in total. The molecule has 1 aromatic heterocycles. The highest BCUT2D eigenvalue weighted by Crippen LogP contribution is 2.28. The number of carboxylic acid groups (broad SMARTS) is 1. The molecule has 1 atom stereocenters. The summed E-state index contributed by atoms with van der Waals surface area (Å²) in [5.41, 5.74) is 1.38. The molecule has 0 radical (unpaired) electrons. The van der Waals surface area contributed by atoms with Crippen molar-refractivity contribution in [2.24, 2.45) is 5.92 Å². The fourth-order valence-electron chi connectivity index (χ4n) is 3.16. The van der Waals surface area contributed by atoms with E-state index in [0.29, 0.717) is 42.7 Å². The third kappa shape index (κ3) is 3.99. The van der Waals surface area contributed by atoms with Gasteiger partial charge in [0.15, 0.2) is 0 Å². The first-order valence-corrected chi connectivity index (χ1v) is 8.83. The number of amides is 1. The second-order valence-electron chi connectivity index (χ2n) is 6.24. The van der Waals surface area contributed by atoms with Crippen LogP contribution in [0.3, 0.4) is 0 Å². The Hall–Kier alpha value is -3.16. The monoisotopic (exact) mass is 370 g/mol. The highest BCUT2D eigenvalue weighted by Gasteiger charge is 2.29. The van der Waals surface area contributed by atoms with Crippen LogP contribution >= 0.6 is 0 Å². The zero-order valence-electron chi connectivity index (χ0n) is 15.3. The number of aromatic nitrogens is 2. The van der Waals surface area contributed by atoms with E-state index in [4.69, 9.17) is 4.74 Å². The van der Waals surface area contributed by atoms with Gasteiger partial charge in [-0.2, -0.15) is 0 Å². The topological polar surface area (TPSA) is 105 Å². The number of benzene rings is 1. The molecular weight excluding hydrogens is 348 g/mol. The van der Waals surface area contributed by atoms with Crippen molar-refractivity contribution in [2.45, 2.75) is 13.3 Å². The molecule has 142 valence electrons. The van der Waals surface area contributed by atoms with Crippen LogP contribution in [0, 0.1) is 5.92 Å². The quantitative estimate of drug-likeness (QED) is 0.799. The molecule has 0 saturated carbocycles. The zero-order valence-corrected chi connectivity index (χ0v) is 15.3. The van der Waals surface area contributed by atoms with Crippen molar-refractivity contribution < 1.29 is 19.4 Å². The van der Waals surface area contributed by atoms with Crippen LogP contribution < -0.4 is 15.0 Å². The van der Waals surface area contributed by atoms with Gasteiger partial charge in [-0.1, -0.05) is 0 Å². The molecule has 1 aliphatic heterocycles. The smallest absolute Gasteiger partial charge is 0.339 e. The fourth-order valence-corrected chi connectivity index (χ4v) is 3.16. The summed E-state index contributed by atoms with van der Waals surface area (Å²) in [6, 6.07) is 6.70. The maximum Gasteiger partial charge on any atom is 0.339 e. The first kappa shape index (κ1) is 18.6. The minimum atomic E-state index is -1.05. The summed E-state index contributed by atoms with van der Waals surface area (Å²) in [5.74, 6) is -0.249.